The minimum Gasteiger partial charge on any atom is -0.450 e. The fourth-order valence-corrected chi connectivity index (χ4v) is 1.05. The van der Waals surface area contributed by atoms with Crippen LogP contribution in [0.15, 0.2) is 18.3 Å². The Balaban J connectivity index is 2.71. The van der Waals surface area contributed by atoms with Gasteiger partial charge in [-0.2, -0.15) is 0 Å². The number of hydrogen-bond acceptors (Lipinski definition) is 3. The number of ether oxygens (including phenoxy) is 1. The minimum absolute atomic E-state index is 0.500. The summed E-state index contributed by atoms with van der Waals surface area (Å²) in [6.45, 7) is 7.30. The summed E-state index contributed by atoms with van der Waals surface area (Å²) in [5.74, 6) is 4.67. The van der Waals surface area contributed by atoms with Crippen LogP contribution in [0, 0.1) is 18.8 Å². The standard InChI is InChI=1S/C13H15NO2/c1-10-9-11(7-8-14-10)5-6-12(15)16-13(2,3)4/h7-9H,1-4H3. The first kappa shape index (κ1) is 12.3. The van der Waals surface area contributed by atoms with Crippen LogP contribution in [-0.4, -0.2) is 16.6 Å². The molecule has 3 nitrogen and oxygen atoms in total. The van der Waals surface area contributed by atoms with E-state index in [1.165, 1.54) is 0 Å². The highest BCUT2D eigenvalue weighted by atomic mass is 16.6. The van der Waals surface area contributed by atoms with E-state index in [1.54, 1.807) is 12.3 Å². The summed E-state index contributed by atoms with van der Waals surface area (Å²) in [4.78, 5) is 15.3. The van der Waals surface area contributed by atoms with Gasteiger partial charge in [-0.05, 0) is 39.8 Å². The molecule has 0 aliphatic rings. The maximum Gasteiger partial charge on any atom is 0.385 e. The third kappa shape index (κ3) is 4.61. The predicted molar refractivity (Wildman–Crippen MR) is 61.7 cm³/mol. The zero-order valence-electron chi connectivity index (χ0n) is 10.00. The van der Waals surface area contributed by atoms with E-state index in [4.69, 9.17) is 4.74 Å². The van der Waals surface area contributed by atoms with Gasteiger partial charge in [0.25, 0.3) is 0 Å². The maximum atomic E-state index is 11.3. The smallest absolute Gasteiger partial charge is 0.385 e. The largest absolute Gasteiger partial charge is 0.450 e. The molecule has 0 aromatic carbocycles. The molecule has 0 spiro atoms. The van der Waals surface area contributed by atoms with Crippen molar-refractivity contribution in [1.82, 2.24) is 4.98 Å². The number of esters is 1. The Labute approximate surface area is 95.8 Å². The molecule has 0 atom stereocenters. The van der Waals surface area contributed by atoms with Crippen LogP contribution in [0.5, 0.6) is 0 Å². The first-order valence-electron chi connectivity index (χ1n) is 5.04. The van der Waals surface area contributed by atoms with E-state index in [0.717, 1.165) is 11.3 Å². The number of hydrogen-bond donors (Lipinski definition) is 0. The van der Waals surface area contributed by atoms with Crippen LogP contribution in [0.4, 0.5) is 0 Å². The molecule has 16 heavy (non-hydrogen) atoms. The average molecular weight is 217 g/mol. The molecule has 0 saturated heterocycles. The van der Waals surface area contributed by atoms with Gasteiger partial charge in [0.15, 0.2) is 0 Å². The number of aryl methyl sites for hydroxylation is 1. The van der Waals surface area contributed by atoms with Crippen LogP contribution in [0.2, 0.25) is 0 Å². The van der Waals surface area contributed by atoms with Gasteiger partial charge in [-0.3, -0.25) is 4.98 Å². The zero-order valence-corrected chi connectivity index (χ0v) is 10.00. The molecule has 0 N–H and O–H groups in total. The lowest BCUT2D eigenvalue weighted by molar-refractivity contribution is -0.147. The lowest BCUT2D eigenvalue weighted by Gasteiger charge is -2.16. The van der Waals surface area contributed by atoms with Gasteiger partial charge < -0.3 is 4.74 Å². The second-order valence-corrected chi connectivity index (χ2v) is 4.44. The predicted octanol–water partition coefficient (Wildman–Crippen LogP) is 2.08. The first-order chi connectivity index (χ1) is 7.37. The van der Waals surface area contributed by atoms with Crippen LogP contribution >= 0.6 is 0 Å². The van der Waals surface area contributed by atoms with Crippen LogP contribution in [-0.2, 0) is 9.53 Å². The number of carbonyl (C=O) groups is 1. The van der Waals surface area contributed by atoms with Crippen LogP contribution in [0.1, 0.15) is 32.0 Å². The number of carbonyl (C=O) groups excluding carboxylic acids is 1. The number of pyridine rings is 1. The maximum absolute atomic E-state index is 11.3. The fourth-order valence-electron chi connectivity index (χ4n) is 1.05. The van der Waals surface area contributed by atoms with E-state index in [1.807, 2.05) is 33.8 Å². The van der Waals surface area contributed by atoms with E-state index < -0.39 is 11.6 Å². The van der Waals surface area contributed by atoms with E-state index >= 15 is 0 Å². The lowest BCUT2D eigenvalue weighted by Crippen LogP contribution is -2.22. The van der Waals surface area contributed by atoms with E-state index in [2.05, 4.69) is 16.8 Å². The Morgan fingerprint density at radius 3 is 2.69 bits per heavy atom. The molecule has 1 aromatic heterocycles. The average Bonchev–Trinajstić information content (AvgIpc) is 2.12. The van der Waals surface area contributed by atoms with Crippen molar-refractivity contribution < 1.29 is 9.53 Å². The summed E-state index contributed by atoms with van der Waals surface area (Å²) >= 11 is 0. The van der Waals surface area contributed by atoms with E-state index in [-0.39, 0.29) is 0 Å². The van der Waals surface area contributed by atoms with Gasteiger partial charge in [0, 0.05) is 23.4 Å². The van der Waals surface area contributed by atoms with Gasteiger partial charge in [-0.25, -0.2) is 4.79 Å². The summed E-state index contributed by atoms with van der Waals surface area (Å²) < 4.78 is 5.06. The summed E-state index contributed by atoms with van der Waals surface area (Å²) in [6, 6.07) is 3.57. The Morgan fingerprint density at radius 2 is 2.12 bits per heavy atom. The van der Waals surface area contributed by atoms with Crippen molar-refractivity contribution in [2.75, 3.05) is 0 Å². The highest BCUT2D eigenvalue weighted by molar-refractivity contribution is 5.89. The highest BCUT2D eigenvalue weighted by Crippen LogP contribution is 2.06. The second-order valence-electron chi connectivity index (χ2n) is 4.44. The molecular formula is C13H15NO2. The molecule has 0 unspecified atom stereocenters. The molecule has 0 fully saturated rings. The molecule has 84 valence electrons. The third-order valence-electron chi connectivity index (χ3n) is 1.60. The second kappa shape index (κ2) is 4.80. The molecule has 0 radical (unpaired) electrons. The minimum atomic E-state index is -0.512. The molecule has 1 aromatic rings. The van der Waals surface area contributed by atoms with Crippen molar-refractivity contribution >= 4 is 5.97 Å². The normalized spacial score (nSPS) is 10.2. The van der Waals surface area contributed by atoms with Gasteiger partial charge in [0.1, 0.15) is 5.60 Å². The van der Waals surface area contributed by atoms with Gasteiger partial charge in [-0.15, -0.1) is 0 Å². The third-order valence-corrected chi connectivity index (χ3v) is 1.60. The van der Waals surface area contributed by atoms with Crippen LogP contribution < -0.4 is 0 Å². The molecule has 0 bridgehead atoms. The van der Waals surface area contributed by atoms with Crippen molar-refractivity contribution in [2.24, 2.45) is 0 Å². The van der Waals surface area contributed by atoms with Crippen molar-refractivity contribution in [3.8, 4) is 11.8 Å². The highest BCUT2D eigenvalue weighted by Gasteiger charge is 2.14. The monoisotopic (exact) mass is 217 g/mol. The van der Waals surface area contributed by atoms with Crippen LogP contribution in [0.3, 0.4) is 0 Å². The summed E-state index contributed by atoms with van der Waals surface area (Å²) in [6.07, 6.45) is 1.66. The first-order valence-corrected chi connectivity index (χ1v) is 5.04. The van der Waals surface area contributed by atoms with Gasteiger partial charge in [0.2, 0.25) is 0 Å². The number of aromatic nitrogens is 1. The molecule has 0 amide bonds. The van der Waals surface area contributed by atoms with Crippen molar-refractivity contribution in [1.29, 1.82) is 0 Å². The molecule has 3 heteroatoms. The lowest BCUT2D eigenvalue weighted by atomic mass is 10.2. The van der Waals surface area contributed by atoms with E-state index in [9.17, 15) is 4.79 Å². The number of rotatable bonds is 0. The topological polar surface area (TPSA) is 39.2 Å². The summed E-state index contributed by atoms with van der Waals surface area (Å²) in [7, 11) is 0. The van der Waals surface area contributed by atoms with Gasteiger partial charge >= 0.3 is 5.97 Å². The van der Waals surface area contributed by atoms with Gasteiger partial charge in [-0.1, -0.05) is 5.92 Å². The Hall–Kier alpha value is -1.82. The molecular weight excluding hydrogens is 202 g/mol. The molecule has 0 aliphatic heterocycles. The zero-order chi connectivity index (χ0) is 12.2. The van der Waals surface area contributed by atoms with Crippen molar-refractivity contribution in [3.05, 3.63) is 29.6 Å². The molecule has 0 aliphatic carbocycles. The Kier molecular flexibility index (Phi) is 3.68. The van der Waals surface area contributed by atoms with Crippen molar-refractivity contribution in [2.45, 2.75) is 33.3 Å². The van der Waals surface area contributed by atoms with E-state index in [0.29, 0.717) is 0 Å². The van der Waals surface area contributed by atoms with Crippen LogP contribution in [0.25, 0.3) is 0 Å². The fraction of sp³-hybridized carbons (Fsp3) is 0.385. The quantitative estimate of drug-likeness (QED) is 0.493. The summed E-state index contributed by atoms with van der Waals surface area (Å²) in [5, 5.41) is 0. The Bertz CT molecular complexity index is 447. The van der Waals surface area contributed by atoms with Gasteiger partial charge in [0.05, 0.1) is 0 Å². The molecule has 0 saturated carbocycles. The SMILES string of the molecule is Cc1cc(C#CC(=O)OC(C)(C)C)ccn1. The van der Waals surface area contributed by atoms with Crippen molar-refractivity contribution in [3.63, 3.8) is 0 Å². The number of nitrogens with zero attached hydrogens (tertiary/aromatic N) is 1. The molecule has 1 heterocycles. The Morgan fingerprint density at radius 1 is 1.44 bits per heavy atom. The molecule has 1 rings (SSSR count). The summed E-state index contributed by atoms with van der Waals surface area (Å²) in [5.41, 5.74) is 1.13.